The molecule has 13 heavy (non-hydrogen) atoms. The Labute approximate surface area is 79.4 Å². The summed E-state index contributed by atoms with van der Waals surface area (Å²) < 4.78 is 27.4. The van der Waals surface area contributed by atoms with E-state index in [4.69, 9.17) is 10.5 Å². The van der Waals surface area contributed by atoms with Crippen LogP contribution in [0.2, 0.25) is 0 Å². The molecule has 0 bridgehead atoms. The molecule has 0 spiro atoms. The second-order valence-electron chi connectivity index (χ2n) is 3.79. The van der Waals surface area contributed by atoms with Gasteiger partial charge in [0.1, 0.15) is 9.84 Å². The van der Waals surface area contributed by atoms with E-state index in [1.165, 1.54) is 0 Å². The first-order valence-electron chi connectivity index (χ1n) is 4.43. The van der Waals surface area contributed by atoms with Crippen LogP contribution >= 0.6 is 0 Å². The average molecular weight is 207 g/mol. The lowest BCUT2D eigenvalue weighted by Gasteiger charge is -2.35. The Morgan fingerprint density at radius 1 is 1.38 bits per heavy atom. The first-order valence-corrected chi connectivity index (χ1v) is 6.25. The van der Waals surface area contributed by atoms with Gasteiger partial charge in [-0.1, -0.05) is 0 Å². The normalized spacial score (nSPS) is 25.7. The summed E-state index contributed by atoms with van der Waals surface area (Å²) in [4.78, 5) is 0. The molecule has 0 aromatic rings. The minimum absolute atomic E-state index is 0.0972. The van der Waals surface area contributed by atoms with Crippen LogP contribution in [-0.4, -0.2) is 40.2 Å². The van der Waals surface area contributed by atoms with Gasteiger partial charge in [-0.15, -0.1) is 0 Å². The van der Waals surface area contributed by atoms with Gasteiger partial charge in [-0.25, -0.2) is 8.42 Å². The maximum atomic E-state index is 11.2. The SMILES string of the molecule is COCC1(CN)CCS(=O)(=O)CC1. The van der Waals surface area contributed by atoms with Crippen LogP contribution in [0, 0.1) is 5.41 Å². The molecule has 0 radical (unpaired) electrons. The number of hydrogen-bond acceptors (Lipinski definition) is 4. The van der Waals surface area contributed by atoms with E-state index in [1.54, 1.807) is 7.11 Å². The van der Waals surface area contributed by atoms with Crippen LogP contribution in [0.4, 0.5) is 0 Å². The quantitative estimate of drug-likeness (QED) is 0.695. The Balaban J connectivity index is 2.63. The van der Waals surface area contributed by atoms with Crippen molar-refractivity contribution in [2.24, 2.45) is 11.1 Å². The molecule has 1 fully saturated rings. The number of ether oxygens (including phenoxy) is 1. The highest BCUT2D eigenvalue weighted by Crippen LogP contribution is 2.31. The predicted molar refractivity (Wildman–Crippen MR) is 51.3 cm³/mol. The van der Waals surface area contributed by atoms with Gasteiger partial charge >= 0.3 is 0 Å². The second kappa shape index (κ2) is 3.94. The minimum atomic E-state index is -2.79. The highest BCUT2D eigenvalue weighted by Gasteiger charge is 2.36. The standard InChI is InChI=1S/C8H17NO3S/c1-12-7-8(6-9)2-4-13(10,11)5-3-8/h2-7,9H2,1H3. The molecular weight excluding hydrogens is 190 g/mol. The lowest BCUT2D eigenvalue weighted by molar-refractivity contribution is 0.0768. The summed E-state index contributed by atoms with van der Waals surface area (Å²) in [6.07, 6.45) is 1.28. The summed E-state index contributed by atoms with van der Waals surface area (Å²) in [5.41, 5.74) is 5.54. The predicted octanol–water partition coefficient (Wildman–Crippen LogP) is -0.213. The molecule has 2 N–H and O–H groups in total. The maximum Gasteiger partial charge on any atom is 0.150 e. The third-order valence-electron chi connectivity index (χ3n) is 2.77. The molecule has 0 atom stereocenters. The molecule has 1 aliphatic heterocycles. The molecule has 0 aromatic heterocycles. The molecule has 0 aliphatic carbocycles. The molecule has 0 unspecified atom stereocenters. The molecule has 0 amide bonds. The van der Waals surface area contributed by atoms with Gasteiger partial charge in [0.15, 0.2) is 0 Å². The lowest BCUT2D eigenvalue weighted by atomic mass is 9.83. The van der Waals surface area contributed by atoms with Crippen molar-refractivity contribution in [3.05, 3.63) is 0 Å². The smallest absolute Gasteiger partial charge is 0.150 e. The molecule has 4 nitrogen and oxygen atoms in total. The number of sulfone groups is 1. The topological polar surface area (TPSA) is 69.4 Å². The molecule has 78 valence electrons. The summed E-state index contributed by atoms with van der Waals surface area (Å²) in [5, 5.41) is 0. The van der Waals surface area contributed by atoms with E-state index in [0.29, 0.717) is 26.0 Å². The Morgan fingerprint density at radius 3 is 2.31 bits per heavy atom. The molecule has 0 saturated carbocycles. The van der Waals surface area contributed by atoms with Crippen LogP contribution in [0.25, 0.3) is 0 Å². The first-order chi connectivity index (χ1) is 6.04. The van der Waals surface area contributed by atoms with Gasteiger partial charge in [0.25, 0.3) is 0 Å². The van der Waals surface area contributed by atoms with Gasteiger partial charge in [-0.3, -0.25) is 0 Å². The monoisotopic (exact) mass is 207 g/mol. The molecule has 1 rings (SSSR count). The molecule has 1 heterocycles. The maximum absolute atomic E-state index is 11.2. The zero-order valence-electron chi connectivity index (χ0n) is 7.95. The fourth-order valence-electron chi connectivity index (χ4n) is 1.68. The van der Waals surface area contributed by atoms with Gasteiger partial charge < -0.3 is 10.5 Å². The fraction of sp³-hybridized carbons (Fsp3) is 1.00. The van der Waals surface area contributed by atoms with Gasteiger partial charge in [0, 0.05) is 19.1 Å². The van der Waals surface area contributed by atoms with Crippen molar-refractivity contribution in [1.29, 1.82) is 0 Å². The van der Waals surface area contributed by atoms with E-state index in [0.717, 1.165) is 0 Å². The number of hydrogen-bond donors (Lipinski definition) is 1. The van der Waals surface area contributed by atoms with E-state index in [2.05, 4.69) is 0 Å². The van der Waals surface area contributed by atoms with Gasteiger partial charge in [0.2, 0.25) is 0 Å². The van der Waals surface area contributed by atoms with E-state index in [-0.39, 0.29) is 16.9 Å². The van der Waals surface area contributed by atoms with Crippen molar-refractivity contribution in [3.8, 4) is 0 Å². The van der Waals surface area contributed by atoms with Gasteiger partial charge in [-0.2, -0.15) is 0 Å². The first kappa shape index (κ1) is 10.9. The number of methoxy groups -OCH3 is 1. The average Bonchev–Trinajstić information content (AvgIpc) is 2.10. The summed E-state index contributed by atoms with van der Waals surface area (Å²) in [6, 6.07) is 0. The van der Waals surface area contributed by atoms with E-state index in [9.17, 15) is 8.42 Å². The third kappa shape index (κ3) is 2.65. The van der Waals surface area contributed by atoms with Crippen molar-refractivity contribution in [2.75, 3.05) is 31.8 Å². The van der Waals surface area contributed by atoms with Crippen molar-refractivity contribution in [3.63, 3.8) is 0 Å². The molecule has 1 aliphatic rings. The summed E-state index contributed by atoms with van der Waals surface area (Å²) in [5.74, 6) is 0.515. The van der Waals surface area contributed by atoms with E-state index >= 15 is 0 Å². The molecular formula is C8H17NO3S. The highest BCUT2D eigenvalue weighted by molar-refractivity contribution is 7.91. The Bertz CT molecular complexity index is 247. The van der Waals surface area contributed by atoms with Gasteiger partial charge in [0.05, 0.1) is 18.1 Å². The summed E-state index contributed by atoms with van der Waals surface area (Å²) >= 11 is 0. The van der Waals surface area contributed by atoms with Crippen molar-refractivity contribution >= 4 is 9.84 Å². The highest BCUT2D eigenvalue weighted by atomic mass is 32.2. The Morgan fingerprint density at radius 2 is 1.92 bits per heavy atom. The largest absolute Gasteiger partial charge is 0.384 e. The van der Waals surface area contributed by atoms with Crippen LogP contribution in [0.15, 0.2) is 0 Å². The molecule has 5 heteroatoms. The zero-order valence-corrected chi connectivity index (χ0v) is 8.77. The van der Waals surface area contributed by atoms with Crippen LogP contribution in [-0.2, 0) is 14.6 Å². The van der Waals surface area contributed by atoms with Crippen molar-refractivity contribution in [1.82, 2.24) is 0 Å². The van der Waals surface area contributed by atoms with Crippen molar-refractivity contribution < 1.29 is 13.2 Å². The molecule has 1 saturated heterocycles. The molecule has 0 aromatic carbocycles. The Hall–Kier alpha value is -0.130. The van der Waals surface area contributed by atoms with Crippen LogP contribution < -0.4 is 5.73 Å². The van der Waals surface area contributed by atoms with Crippen LogP contribution in [0.5, 0.6) is 0 Å². The van der Waals surface area contributed by atoms with Crippen LogP contribution in [0.3, 0.4) is 0 Å². The lowest BCUT2D eigenvalue weighted by Crippen LogP contribution is -2.42. The Kier molecular flexibility index (Phi) is 3.32. The van der Waals surface area contributed by atoms with Crippen LogP contribution in [0.1, 0.15) is 12.8 Å². The second-order valence-corrected chi connectivity index (χ2v) is 6.09. The van der Waals surface area contributed by atoms with E-state index in [1.807, 2.05) is 0 Å². The minimum Gasteiger partial charge on any atom is -0.384 e. The zero-order chi connectivity index (χ0) is 9.95. The third-order valence-corrected chi connectivity index (χ3v) is 4.42. The van der Waals surface area contributed by atoms with Gasteiger partial charge in [-0.05, 0) is 12.8 Å². The summed E-state index contributed by atoms with van der Waals surface area (Å²) in [6.45, 7) is 1.08. The van der Waals surface area contributed by atoms with Crippen molar-refractivity contribution in [2.45, 2.75) is 12.8 Å². The van der Waals surface area contributed by atoms with E-state index < -0.39 is 9.84 Å². The summed E-state index contributed by atoms with van der Waals surface area (Å²) in [7, 11) is -1.17. The number of rotatable bonds is 3. The fourth-order valence-corrected chi connectivity index (χ4v) is 3.38. The number of nitrogens with two attached hydrogens (primary N) is 1.